The summed E-state index contributed by atoms with van der Waals surface area (Å²) in [7, 11) is 0. The topological polar surface area (TPSA) is 93.1 Å². The summed E-state index contributed by atoms with van der Waals surface area (Å²) >= 11 is 0.149. The molecule has 2 aromatic carbocycles. The van der Waals surface area contributed by atoms with Crippen LogP contribution in [0.25, 0.3) is 0 Å². The SMILES string of the molecule is CCC[CH2][Sn][CH2]CCC.O=C(O)C(OCc1ccccc1)C(OCc1ccccc1)C(=O)O. The molecule has 33 heavy (non-hydrogen) atoms. The van der Waals surface area contributed by atoms with Gasteiger partial charge in [-0.3, -0.25) is 0 Å². The molecule has 0 aliphatic rings. The van der Waals surface area contributed by atoms with Gasteiger partial charge in [0.1, 0.15) is 0 Å². The minimum atomic E-state index is -1.61. The van der Waals surface area contributed by atoms with E-state index in [-0.39, 0.29) is 34.4 Å². The number of aliphatic carboxylic acids is 2. The van der Waals surface area contributed by atoms with Gasteiger partial charge in [0, 0.05) is 0 Å². The first-order valence-electron chi connectivity index (χ1n) is 11.5. The maximum atomic E-state index is 11.4. The first-order valence-corrected chi connectivity index (χ1v) is 15.5. The van der Waals surface area contributed by atoms with Crippen LogP contribution in [0.2, 0.25) is 8.87 Å². The monoisotopic (exact) mass is 564 g/mol. The molecule has 0 amide bonds. The Labute approximate surface area is 207 Å². The van der Waals surface area contributed by atoms with E-state index in [1.165, 1.54) is 25.7 Å². The molecule has 2 unspecified atom stereocenters. The molecule has 2 N–H and O–H groups in total. The van der Waals surface area contributed by atoms with Gasteiger partial charge in [0.05, 0.1) is 13.2 Å². The molecule has 2 atom stereocenters. The summed E-state index contributed by atoms with van der Waals surface area (Å²) in [6.07, 6.45) is 2.63. The molecule has 2 aromatic rings. The number of benzene rings is 2. The molecule has 0 aromatic heterocycles. The fraction of sp³-hybridized carbons (Fsp3) is 0.462. The number of hydrogen-bond donors (Lipinski definition) is 2. The summed E-state index contributed by atoms with van der Waals surface area (Å²) in [5, 5.41) is 18.6. The molecule has 0 aliphatic heterocycles. The maximum absolute atomic E-state index is 11.4. The Morgan fingerprint density at radius 2 is 1.09 bits per heavy atom. The Hall–Kier alpha value is -1.90. The number of carboxylic acids is 2. The number of carboxylic acid groups (broad SMARTS) is 2. The third kappa shape index (κ3) is 13.4. The van der Waals surface area contributed by atoms with Crippen molar-refractivity contribution in [1.29, 1.82) is 0 Å². The molecule has 0 spiro atoms. The van der Waals surface area contributed by atoms with E-state index < -0.39 is 24.1 Å². The van der Waals surface area contributed by atoms with E-state index in [1.807, 2.05) is 12.1 Å². The third-order valence-electron chi connectivity index (χ3n) is 4.72. The zero-order valence-electron chi connectivity index (χ0n) is 19.6. The fourth-order valence-corrected chi connectivity index (χ4v) is 6.98. The molecule has 6 nitrogen and oxygen atoms in total. The summed E-state index contributed by atoms with van der Waals surface area (Å²) in [4.78, 5) is 22.8. The summed E-state index contributed by atoms with van der Waals surface area (Å²) in [6.45, 7) is 4.55. The van der Waals surface area contributed by atoms with Crippen molar-refractivity contribution in [2.45, 2.75) is 73.8 Å². The second-order valence-electron chi connectivity index (χ2n) is 7.57. The van der Waals surface area contributed by atoms with Crippen LogP contribution in [0.3, 0.4) is 0 Å². The van der Waals surface area contributed by atoms with Crippen molar-refractivity contribution in [3.63, 3.8) is 0 Å². The standard InChI is InChI=1S/C18H18O6.2C4H9.Sn/c19-17(20)15(23-11-13-7-3-1-4-8-13)16(18(21)22)24-12-14-9-5-2-6-10-14;2*1-3-4-2;/h1-10,15-16H,11-12H2,(H,19,20)(H,21,22);2*1,3-4H2,2H3;. The average molecular weight is 563 g/mol. The molecular weight excluding hydrogens is 527 g/mol. The number of unbranched alkanes of at least 4 members (excludes halogenated alkanes) is 2. The predicted octanol–water partition coefficient (Wildman–Crippen LogP) is 5.45. The normalized spacial score (nSPS) is 12.3. The zero-order chi connectivity index (χ0) is 24.3. The molecule has 180 valence electrons. The Morgan fingerprint density at radius 1 is 0.727 bits per heavy atom. The van der Waals surface area contributed by atoms with Crippen LogP contribution in [0.1, 0.15) is 50.7 Å². The molecule has 0 saturated heterocycles. The van der Waals surface area contributed by atoms with Gasteiger partial charge in [0.2, 0.25) is 0 Å². The third-order valence-corrected chi connectivity index (χ3v) is 8.76. The van der Waals surface area contributed by atoms with Gasteiger partial charge in [-0.25, -0.2) is 9.59 Å². The van der Waals surface area contributed by atoms with E-state index >= 15 is 0 Å². The largest absolute Gasteiger partial charge is 0.479 e. The van der Waals surface area contributed by atoms with Gasteiger partial charge in [0.25, 0.3) is 0 Å². The van der Waals surface area contributed by atoms with E-state index in [1.54, 1.807) is 57.4 Å². The van der Waals surface area contributed by atoms with Gasteiger partial charge < -0.3 is 19.7 Å². The van der Waals surface area contributed by atoms with Crippen LogP contribution in [0, 0.1) is 0 Å². The molecule has 0 heterocycles. The van der Waals surface area contributed by atoms with Crippen molar-refractivity contribution < 1.29 is 29.3 Å². The van der Waals surface area contributed by atoms with E-state index in [0.29, 0.717) is 0 Å². The second-order valence-corrected chi connectivity index (χ2v) is 11.8. The van der Waals surface area contributed by atoms with Crippen LogP contribution in [0.5, 0.6) is 0 Å². The van der Waals surface area contributed by atoms with E-state index in [4.69, 9.17) is 9.47 Å². The molecule has 0 saturated carbocycles. The van der Waals surface area contributed by atoms with Crippen LogP contribution < -0.4 is 0 Å². The van der Waals surface area contributed by atoms with Crippen LogP contribution in [0.4, 0.5) is 0 Å². The smallest absolute Gasteiger partial charge is 0.336 e. The fourth-order valence-electron chi connectivity index (χ4n) is 2.83. The Bertz CT molecular complexity index is 703. The molecule has 2 radical (unpaired) electrons. The van der Waals surface area contributed by atoms with E-state index in [2.05, 4.69) is 13.8 Å². The van der Waals surface area contributed by atoms with Crippen LogP contribution in [-0.2, 0) is 32.3 Å². The minimum absolute atomic E-state index is 0.0176. The summed E-state index contributed by atoms with van der Waals surface area (Å²) in [5.41, 5.74) is 1.49. The number of carbonyl (C=O) groups is 2. The minimum Gasteiger partial charge on any atom is -0.479 e. The summed E-state index contributed by atoms with van der Waals surface area (Å²) in [5.74, 6) is -2.77. The van der Waals surface area contributed by atoms with Crippen molar-refractivity contribution in [1.82, 2.24) is 0 Å². The van der Waals surface area contributed by atoms with Crippen LogP contribution in [0.15, 0.2) is 60.7 Å². The molecule has 0 aliphatic carbocycles. The number of hydrogen-bond acceptors (Lipinski definition) is 4. The van der Waals surface area contributed by atoms with Crippen molar-refractivity contribution >= 4 is 33.1 Å². The molecule has 0 bridgehead atoms. The van der Waals surface area contributed by atoms with Crippen molar-refractivity contribution in [2.24, 2.45) is 0 Å². The quantitative estimate of drug-likeness (QED) is 0.221. The molecule has 7 heteroatoms. The van der Waals surface area contributed by atoms with Gasteiger partial charge in [-0.05, 0) is 11.1 Å². The van der Waals surface area contributed by atoms with Crippen molar-refractivity contribution in [3.8, 4) is 0 Å². The Balaban J connectivity index is 0.000000513. The van der Waals surface area contributed by atoms with Gasteiger partial charge in [0.15, 0.2) is 12.2 Å². The Morgan fingerprint density at radius 3 is 1.39 bits per heavy atom. The summed E-state index contributed by atoms with van der Waals surface area (Å²) < 4.78 is 13.8. The van der Waals surface area contributed by atoms with E-state index in [0.717, 1.165) is 11.1 Å². The number of ether oxygens (including phenoxy) is 2. The molecular formula is C26H36O6Sn. The van der Waals surface area contributed by atoms with Crippen molar-refractivity contribution in [2.75, 3.05) is 0 Å². The van der Waals surface area contributed by atoms with Gasteiger partial charge in [-0.15, -0.1) is 0 Å². The van der Waals surface area contributed by atoms with Crippen LogP contribution >= 0.6 is 0 Å². The number of rotatable bonds is 15. The Kier molecular flexibility index (Phi) is 16.3. The molecule has 2 rings (SSSR count). The summed E-state index contributed by atoms with van der Waals surface area (Å²) in [6, 6.07) is 17.8. The first-order chi connectivity index (χ1) is 16.0. The van der Waals surface area contributed by atoms with Crippen molar-refractivity contribution in [3.05, 3.63) is 71.8 Å². The predicted molar refractivity (Wildman–Crippen MR) is 130 cm³/mol. The first kappa shape index (κ1) is 29.1. The van der Waals surface area contributed by atoms with Gasteiger partial charge in [-0.1, -0.05) is 60.7 Å². The van der Waals surface area contributed by atoms with E-state index in [9.17, 15) is 19.8 Å². The average Bonchev–Trinajstić information content (AvgIpc) is 2.82. The maximum Gasteiger partial charge on any atom is 0.336 e. The zero-order valence-corrected chi connectivity index (χ0v) is 22.5. The van der Waals surface area contributed by atoms with Crippen LogP contribution in [-0.4, -0.2) is 55.5 Å². The van der Waals surface area contributed by atoms with Gasteiger partial charge >= 0.3 is 81.5 Å². The molecule has 0 fully saturated rings. The second kappa shape index (κ2) is 18.5. The van der Waals surface area contributed by atoms with Gasteiger partial charge in [-0.2, -0.15) is 0 Å².